The van der Waals surface area contributed by atoms with E-state index in [4.69, 9.17) is 11.6 Å². The molecule has 5 rings (SSSR count). The van der Waals surface area contributed by atoms with Crippen molar-refractivity contribution in [2.75, 3.05) is 18.1 Å². The highest BCUT2D eigenvalue weighted by Gasteiger charge is 2.76. The number of thioether (sulfide) groups is 1. The predicted molar refractivity (Wildman–Crippen MR) is 152 cm³/mol. The normalized spacial score (nSPS) is 30.2. The minimum atomic E-state index is -1.04. The van der Waals surface area contributed by atoms with Crippen molar-refractivity contribution in [3.8, 4) is 0 Å². The lowest BCUT2D eigenvalue weighted by molar-refractivity contribution is -0.149. The molecule has 2 bridgehead atoms. The summed E-state index contributed by atoms with van der Waals surface area (Å²) >= 11 is 11.2. The number of amides is 2. The van der Waals surface area contributed by atoms with Crippen molar-refractivity contribution in [2.24, 2.45) is 11.8 Å². The van der Waals surface area contributed by atoms with E-state index in [1.165, 1.54) is 16.7 Å². The maximum atomic E-state index is 14.6. The monoisotopic (exact) mass is 618 g/mol. The van der Waals surface area contributed by atoms with Crippen molar-refractivity contribution in [2.45, 2.75) is 39.7 Å². The summed E-state index contributed by atoms with van der Waals surface area (Å²) in [6.45, 7) is 3.65. The van der Waals surface area contributed by atoms with Crippen LogP contribution in [0.4, 0.5) is 5.69 Å². The van der Waals surface area contributed by atoms with Crippen molar-refractivity contribution in [1.82, 2.24) is 4.90 Å². The van der Waals surface area contributed by atoms with E-state index in [1.807, 2.05) is 30.3 Å². The number of halogens is 2. The topological polar surface area (TPSA) is 98.2 Å². The molecule has 7 atom stereocenters. The molecular weight excluding hydrogens is 592 g/mol. The molecule has 3 fully saturated rings. The van der Waals surface area contributed by atoms with Gasteiger partial charge >= 0.3 is 5.97 Å². The third-order valence-electron chi connectivity index (χ3n) is 7.88. The number of rotatable bonds is 9. The van der Waals surface area contributed by atoms with Gasteiger partial charge in [0, 0.05) is 27.3 Å². The molecule has 7 nitrogen and oxygen atoms in total. The van der Waals surface area contributed by atoms with Crippen molar-refractivity contribution >= 4 is 62.8 Å². The number of carbonyl (C=O) groups excluding carboxylic acids is 2. The molecule has 0 aliphatic carbocycles. The molecule has 0 saturated carbocycles. The van der Waals surface area contributed by atoms with E-state index in [2.05, 4.69) is 22.5 Å². The summed E-state index contributed by atoms with van der Waals surface area (Å²) in [6.07, 6.45) is 2.42. The molecule has 2 aromatic rings. The Morgan fingerprint density at radius 2 is 1.92 bits per heavy atom. The summed E-state index contributed by atoms with van der Waals surface area (Å²) in [6, 6.07) is 14.7. The molecule has 3 aliphatic rings. The number of likely N-dealkylation sites (tertiary alicyclic amines) is 1. The molecular formula is C28H28BrClN2O5S. The van der Waals surface area contributed by atoms with E-state index in [0.717, 1.165) is 5.56 Å². The quantitative estimate of drug-likeness (QED) is 0.325. The van der Waals surface area contributed by atoms with E-state index in [1.54, 1.807) is 35.2 Å². The second-order valence-corrected chi connectivity index (χ2v) is 13.1. The fraction of sp³-hybridized carbons (Fsp3) is 0.393. The Morgan fingerprint density at radius 1 is 1.24 bits per heavy atom. The number of carboxylic acids is 1. The average Bonchev–Trinajstić information content (AvgIpc) is 3.50. The van der Waals surface area contributed by atoms with E-state index >= 15 is 0 Å². The Labute approximate surface area is 239 Å². The highest BCUT2D eigenvalue weighted by Crippen LogP contribution is 2.68. The highest BCUT2D eigenvalue weighted by atomic mass is 79.9. The van der Waals surface area contributed by atoms with Gasteiger partial charge < -0.3 is 20.0 Å². The molecule has 10 heteroatoms. The molecule has 3 saturated heterocycles. The van der Waals surface area contributed by atoms with Gasteiger partial charge in [0.05, 0.1) is 29.2 Å². The molecule has 2 amide bonds. The average molecular weight is 620 g/mol. The van der Waals surface area contributed by atoms with Gasteiger partial charge in [0.2, 0.25) is 5.91 Å². The highest BCUT2D eigenvalue weighted by molar-refractivity contribution is 9.09. The lowest BCUT2D eigenvalue weighted by Crippen LogP contribution is -2.58. The molecule has 3 unspecified atom stereocenters. The molecule has 2 N–H and O–H groups in total. The van der Waals surface area contributed by atoms with Crippen LogP contribution in [0.1, 0.15) is 12.0 Å². The number of nitrogens with zero attached hydrogens (tertiary/aromatic N) is 2. The first-order valence-electron chi connectivity index (χ1n) is 12.4. The van der Waals surface area contributed by atoms with Crippen molar-refractivity contribution < 1.29 is 24.6 Å². The Hall–Kier alpha value is -2.33. The zero-order chi connectivity index (χ0) is 27.2. The van der Waals surface area contributed by atoms with Gasteiger partial charge in [-0.2, -0.15) is 0 Å². The van der Waals surface area contributed by atoms with Gasteiger partial charge in [0.15, 0.2) is 0 Å². The second kappa shape index (κ2) is 10.7. The third kappa shape index (κ3) is 4.37. The number of aliphatic carboxylic acids is 1. The van der Waals surface area contributed by atoms with Crippen LogP contribution in [0.25, 0.3) is 0 Å². The minimum Gasteiger partial charge on any atom is -0.481 e. The van der Waals surface area contributed by atoms with Crippen LogP contribution in [-0.2, 0) is 20.8 Å². The number of carbonyl (C=O) groups is 3. The number of hydrogen-bond acceptors (Lipinski definition) is 5. The Kier molecular flexibility index (Phi) is 7.66. The van der Waals surface area contributed by atoms with Gasteiger partial charge in [-0.25, -0.2) is 0 Å². The Balaban J connectivity index is 1.62. The first kappa shape index (κ1) is 27.2. The summed E-state index contributed by atoms with van der Waals surface area (Å²) in [7, 11) is 0. The maximum absolute atomic E-state index is 14.6. The minimum absolute atomic E-state index is 0.155. The third-order valence-corrected chi connectivity index (χ3v) is 11.4. The van der Waals surface area contributed by atoms with E-state index in [0.29, 0.717) is 23.6 Å². The number of aliphatic hydroxyl groups excluding tert-OH is 1. The van der Waals surface area contributed by atoms with Gasteiger partial charge in [0.25, 0.3) is 5.91 Å². The maximum Gasteiger partial charge on any atom is 0.308 e. The lowest BCUT2D eigenvalue weighted by atomic mass is 9.71. The predicted octanol–water partition coefficient (Wildman–Crippen LogP) is 4.01. The van der Waals surface area contributed by atoms with E-state index < -0.39 is 34.6 Å². The van der Waals surface area contributed by atoms with Gasteiger partial charge in [-0.15, -0.1) is 18.3 Å². The molecule has 2 aromatic carbocycles. The SMILES string of the molecule is C=CCN(C(=O)C1N([C@@H](CO)Cc2ccccc2)C(=O)[C@@H]2[C@@H](C(=O)O)[C@@H]3SC12CC3Br)c1ccc(Cl)cc1. The zero-order valence-corrected chi connectivity index (χ0v) is 23.6. The summed E-state index contributed by atoms with van der Waals surface area (Å²) in [5, 5.41) is 20.9. The van der Waals surface area contributed by atoms with Gasteiger partial charge in [-0.05, 0) is 42.7 Å². The number of alkyl halides is 1. The van der Waals surface area contributed by atoms with Gasteiger partial charge in [-0.1, -0.05) is 63.9 Å². The van der Waals surface area contributed by atoms with Crippen LogP contribution in [0.3, 0.4) is 0 Å². The first-order chi connectivity index (χ1) is 18.2. The van der Waals surface area contributed by atoms with Gasteiger partial charge in [-0.3, -0.25) is 14.4 Å². The Morgan fingerprint density at radius 3 is 2.53 bits per heavy atom. The zero-order valence-electron chi connectivity index (χ0n) is 20.5. The number of hydrogen-bond donors (Lipinski definition) is 2. The molecule has 1 spiro atoms. The van der Waals surface area contributed by atoms with Gasteiger partial charge in [0.1, 0.15) is 6.04 Å². The summed E-state index contributed by atoms with van der Waals surface area (Å²) < 4.78 is -0.938. The molecule has 0 aromatic heterocycles. The van der Waals surface area contributed by atoms with Crippen LogP contribution in [0.2, 0.25) is 5.02 Å². The van der Waals surface area contributed by atoms with Crippen molar-refractivity contribution in [3.05, 3.63) is 77.8 Å². The Bertz CT molecular complexity index is 1250. The lowest BCUT2D eigenvalue weighted by Gasteiger charge is -2.40. The fourth-order valence-corrected chi connectivity index (χ4v) is 10.1. The molecule has 200 valence electrons. The van der Waals surface area contributed by atoms with Crippen LogP contribution in [0.5, 0.6) is 0 Å². The van der Waals surface area contributed by atoms with E-state index in [9.17, 15) is 24.6 Å². The molecule has 0 radical (unpaired) electrons. The smallest absolute Gasteiger partial charge is 0.308 e. The van der Waals surface area contributed by atoms with Crippen LogP contribution in [-0.4, -0.2) is 73.0 Å². The molecule has 38 heavy (non-hydrogen) atoms. The standard InChI is InChI=1S/C28H28BrClN2O5S/c1-2-12-31(18-10-8-17(30)9-11-18)26(35)24-28-14-20(29)23(38-28)21(27(36)37)22(28)25(34)32(24)19(15-33)13-16-6-4-3-5-7-16/h2-11,19-24,33H,1,12-15H2,(H,36,37)/t19-,20?,21-,22+,23-,24?,28?/m1/s1. The summed E-state index contributed by atoms with van der Waals surface area (Å²) in [4.78, 5) is 44.1. The first-order valence-corrected chi connectivity index (χ1v) is 14.6. The number of carboxylic acid groups (broad SMARTS) is 1. The second-order valence-electron chi connectivity index (χ2n) is 9.99. The number of fused-ring (bicyclic) bond motifs is 1. The largest absolute Gasteiger partial charge is 0.481 e. The van der Waals surface area contributed by atoms with Crippen LogP contribution in [0, 0.1) is 11.8 Å². The number of aliphatic hydroxyl groups is 1. The molecule has 3 heterocycles. The summed E-state index contributed by atoms with van der Waals surface area (Å²) in [5.41, 5.74) is 1.50. The van der Waals surface area contributed by atoms with Crippen LogP contribution >= 0.6 is 39.3 Å². The van der Waals surface area contributed by atoms with Crippen LogP contribution in [0.15, 0.2) is 67.3 Å². The molecule has 3 aliphatic heterocycles. The number of anilines is 1. The van der Waals surface area contributed by atoms with Crippen molar-refractivity contribution in [3.63, 3.8) is 0 Å². The number of benzene rings is 2. The van der Waals surface area contributed by atoms with E-state index in [-0.39, 0.29) is 35.0 Å². The van der Waals surface area contributed by atoms with Crippen molar-refractivity contribution in [1.29, 1.82) is 0 Å². The van der Waals surface area contributed by atoms with Crippen LogP contribution < -0.4 is 4.90 Å². The fourth-order valence-electron chi connectivity index (χ4n) is 6.38. The summed E-state index contributed by atoms with van der Waals surface area (Å²) in [5.74, 6) is -3.53.